The summed E-state index contributed by atoms with van der Waals surface area (Å²) in [5.41, 5.74) is -2.08. The second-order valence-electron chi connectivity index (χ2n) is 21.3. The lowest BCUT2D eigenvalue weighted by Crippen LogP contribution is -2.62. The van der Waals surface area contributed by atoms with Crippen LogP contribution in [0.1, 0.15) is 107 Å². The van der Waals surface area contributed by atoms with E-state index in [1.807, 2.05) is 12.2 Å². The van der Waals surface area contributed by atoms with E-state index in [1.54, 1.807) is 38.2 Å². The van der Waals surface area contributed by atoms with E-state index in [2.05, 4.69) is 27.7 Å². The average Bonchev–Trinajstić information content (AvgIpc) is 3.89. The largest absolute Gasteiger partial charge is 0.475 e. The van der Waals surface area contributed by atoms with Crippen molar-refractivity contribution in [2.45, 2.75) is 142 Å². The van der Waals surface area contributed by atoms with E-state index in [0.29, 0.717) is 37.5 Å². The maximum Gasteiger partial charge on any atom is 0.303 e. The number of Topliss-reactive ketones (excluding diaryl/α,β-unsaturated/α-hetero) is 2. The second-order valence-corrected chi connectivity index (χ2v) is 21.3. The number of aliphatic imine (C=N–C) groups is 2. The maximum atomic E-state index is 13.5. The zero-order chi connectivity index (χ0) is 46.1. The lowest BCUT2D eigenvalue weighted by molar-refractivity contribution is -0.155. The molecule has 14 heteroatoms. The first-order valence-electron chi connectivity index (χ1n) is 23.1. The molecule has 0 radical (unpaired) electrons. The Morgan fingerprint density at radius 3 is 1.41 bits per heavy atom. The summed E-state index contributed by atoms with van der Waals surface area (Å²) in [6, 6.07) is 0. The number of hydrogen-bond donors (Lipinski definition) is 2. The zero-order valence-electron chi connectivity index (χ0n) is 38.2. The monoisotopic (exact) mass is 882 g/mol. The molecule has 0 saturated heterocycles. The Hall–Kier alpha value is -4.56. The second kappa shape index (κ2) is 15.0. The Morgan fingerprint density at radius 2 is 1.05 bits per heavy atom. The Bertz CT molecular complexity index is 2150. The molecule has 6 fully saturated rings. The molecule has 0 spiro atoms. The Labute approximate surface area is 374 Å². The topological polar surface area (TPSA) is 205 Å². The molecule has 0 bridgehead atoms. The van der Waals surface area contributed by atoms with Crippen LogP contribution in [0, 0.1) is 57.2 Å². The lowest BCUT2D eigenvalue weighted by Gasteiger charge is -2.59. The number of ketones is 4. The van der Waals surface area contributed by atoms with Gasteiger partial charge in [-0.25, -0.2) is 9.98 Å². The van der Waals surface area contributed by atoms with Gasteiger partial charge in [0, 0.05) is 61.2 Å². The standard InChI is InChI=1S/2C25H31NO6/c2*1-13-26-25(20(30)12-31-14(2)27)21(32-13)10-18-17-6-5-15-9-16(28)7-8-23(15,3)22(17)19(29)11-24(18,25)4/h2*7-9,17-19,21-22,29H,5-6,10-12H2,1-4H3/t2*17-,18-,19-,21+,22+,23-,24-,25+/m00/s1. The van der Waals surface area contributed by atoms with Crippen LogP contribution in [-0.4, -0.2) is 106 Å². The summed E-state index contributed by atoms with van der Waals surface area (Å²) in [4.78, 5) is 83.4. The van der Waals surface area contributed by atoms with Crippen molar-refractivity contribution in [2.75, 3.05) is 13.2 Å². The minimum atomic E-state index is -1.15. The fourth-order valence-electron chi connectivity index (χ4n) is 15.9. The molecule has 8 aliphatic carbocycles. The van der Waals surface area contributed by atoms with Crippen LogP contribution in [0.25, 0.3) is 0 Å². The van der Waals surface area contributed by atoms with Crippen LogP contribution >= 0.6 is 0 Å². The zero-order valence-corrected chi connectivity index (χ0v) is 38.2. The van der Waals surface area contributed by atoms with Crippen molar-refractivity contribution in [3.05, 3.63) is 47.6 Å². The minimum Gasteiger partial charge on any atom is -0.475 e. The van der Waals surface area contributed by atoms with E-state index in [4.69, 9.17) is 28.9 Å². The molecule has 0 unspecified atom stereocenters. The maximum absolute atomic E-state index is 13.5. The summed E-state index contributed by atoms with van der Waals surface area (Å²) in [5.74, 6) is -0.0279. The SMILES string of the molecule is CC(=O)OCC(=O)[C@@]12N=C(C)O[C@@H]1C[C@H]1[C@@H]3CCC4=CC(=O)C=C[C@]4(C)[C@H]3[C@@H](O)C[C@@]12C.CC(=O)OCC(=O)[C@@]12N=C(C)O[C@@H]1C[C@H]1[C@@H]3CCC4=CC(=O)C=C[C@]4(C)[C@H]3[C@@H](O)C[C@@]12C. The van der Waals surface area contributed by atoms with Gasteiger partial charge < -0.3 is 29.2 Å². The van der Waals surface area contributed by atoms with Crippen LogP contribution in [0.4, 0.5) is 0 Å². The Morgan fingerprint density at radius 1 is 0.672 bits per heavy atom. The number of hydrogen-bond acceptors (Lipinski definition) is 14. The van der Waals surface area contributed by atoms with Crippen molar-refractivity contribution < 1.29 is 57.9 Å². The van der Waals surface area contributed by atoms with E-state index in [9.17, 15) is 39.0 Å². The molecule has 0 aromatic carbocycles. The summed E-state index contributed by atoms with van der Waals surface area (Å²) >= 11 is 0. The molecule has 16 atom stereocenters. The highest BCUT2D eigenvalue weighted by Gasteiger charge is 2.76. The molecule has 6 saturated carbocycles. The van der Waals surface area contributed by atoms with Gasteiger partial charge in [0.25, 0.3) is 0 Å². The molecular weight excluding hydrogens is 821 g/mol. The summed E-state index contributed by atoms with van der Waals surface area (Å²) in [6.07, 6.45) is 14.0. The molecule has 2 N–H and O–H groups in total. The molecule has 10 rings (SSSR count). The number of nitrogens with zero attached hydrogens (tertiary/aromatic N) is 2. The van der Waals surface area contributed by atoms with Crippen LogP contribution in [0.5, 0.6) is 0 Å². The summed E-state index contributed by atoms with van der Waals surface area (Å²) < 4.78 is 22.3. The van der Waals surface area contributed by atoms with Gasteiger partial charge in [-0.3, -0.25) is 28.8 Å². The van der Waals surface area contributed by atoms with Crippen molar-refractivity contribution >= 4 is 46.9 Å². The van der Waals surface area contributed by atoms with E-state index in [1.165, 1.54) is 13.8 Å². The predicted octanol–water partition coefficient (Wildman–Crippen LogP) is 5.13. The van der Waals surface area contributed by atoms with E-state index in [0.717, 1.165) is 36.8 Å². The third-order valence-corrected chi connectivity index (χ3v) is 18.3. The summed E-state index contributed by atoms with van der Waals surface area (Å²) in [5, 5.41) is 23.1. The van der Waals surface area contributed by atoms with E-state index < -0.39 is 58.3 Å². The summed E-state index contributed by atoms with van der Waals surface area (Å²) in [6.45, 7) is 13.8. The molecule has 14 nitrogen and oxygen atoms in total. The highest BCUT2D eigenvalue weighted by atomic mass is 16.5. The van der Waals surface area contributed by atoms with Gasteiger partial charge in [0.2, 0.25) is 11.6 Å². The van der Waals surface area contributed by atoms with Gasteiger partial charge in [0.05, 0.1) is 12.2 Å². The van der Waals surface area contributed by atoms with Crippen LogP contribution in [-0.2, 0) is 47.7 Å². The number of allylic oxidation sites excluding steroid dienone is 8. The molecular formula is C50H62N2O12. The van der Waals surface area contributed by atoms with Gasteiger partial charge >= 0.3 is 11.9 Å². The van der Waals surface area contributed by atoms with E-state index in [-0.39, 0.29) is 82.7 Å². The predicted molar refractivity (Wildman–Crippen MR) is 231 cm³/mol. The first kappa shape index (κ1) is 44.6. The Balaban J connectivity index is 0.000000162. The van der Waals surface area contributed by atoms with Crippen molar-refractivity contribution in [3.8, 4) is 0 Å². The highest BCUT2D eigenvalue weighted by molar-refractivity contribution is 6.02. The van der Waals surface area contributed by atoms with Crippen molar-refractivity contribution in [2.24, 2.45) is 67.2 Å². The van der Waals surface area contributed by atoms with Gasteiger partial charge in [-0.1, -0.05) is 51.0 Å². The molecule has 0 aromatic rings. The van der Waals surface area contributed by atoms with Crippen LogP contribution in [0.15, 0.2) is 57.6 Å². The quantitative estimate of drug-likeness (QED) is 0.334. The van der Waals surface area contributed by atoms with Gasteiger partial charge in [0.15, 0.2) is 47.7 Å². The van der Waals surface area contributed by atoms with Gasteiger partial charge in [-0.15, -0.1) is 0 Å². The minimum absolute atomic E-state index is 0.00898. The highest BCUT2D eigenvalue weighted by Crippen LogP contribution is 2.71. The smallest absolute Gasteiger partial charge is 0.303 e. The lowest BCUT2D eigenvalue weighted by atomic mass is 9.46. The number of fused-ring (bicyclic) bond motifs is 14. The van der Waals surface area contributed by atoms with Crippen LogP contribution < -0.4 is 0 Å². The van der Waals surface area contributed by atoms with Crippen molar-refractivity contribution in [3.63, 3.8) is 0 Å². The number of aliphatic hydroxyl groups excluding tert-OH is 2. The first-order valence-corrected chi connectivity index (χ1v) is 23.1. The fourth-order valence-corrected chi connectivity index (χ4v) is 15.9. The van der Waals surface area contributed by atoms with Crippen molar-refractivity contribution in [1.82, 2.24) is 0 Å². The number of aliphatic hydroxyl groups is 2. The van der Waals surface area contributed by atoms with Crippen LogP contribution in [0.3, 0.4) is 0 Å². The summed E-state index contributed by atoms with van der Waals surface area (Å²) in [7, 11) is 0. The molecule has 344 valence electrons. The number of carbonyl (C=O) groups is 6. The van der Waals surface area contributed by atoms with Crippen LogP contribution in [0.2, 0.25) is 0 Å². The molecule has 2 heterocycles. The average molecular weight is 883 g/mol. The van der Waals surface area contributed by atoms with Gasteiger partial charge in [0.1, 0.15) is 12.2 Å². The molecule has 0 aromatic heterocycles. The third-order valence-electron chi connectivity index (χ3n) is 18.3. The first-order chi connectivity index (χ1) is 30.1. The van der Waals surface area contributed by atoms with E-state index >= 15 is 0 Å². The number of rotatable bonds is 6. The Kier molecular flexibility index (Phi) is 10.4. The van der Waals surface area contributed by atoms with Crippen molar-refractivity contribution in [1.29, 1.82) is 0 Å². The fraction of sp³-hybridized carbons (Fsp3) is 0.680. The number of ether oxygens (including phenoxy) is 4. The molecule has 2 aliphatic heterocycles. The third kappa shape index (κ3) is 6.08. The molecule has 0 amide bonds. The normalized spacial score (nSPS) is 46.2. The molecule has 64 heavy (non-hydrogen) atoms. The number of esters is 2. The molecule has 10 aliphatic rings. The van der Waals surface area contributed by atoms with Gasteiger partial charge in [-0.2, -0.15) is 0 Å². The van der Waals surface area contributed by atoms with Gasteiger partial charge in [-0.05, 0) is 99.3 Å². The number of carbonyl (C=O) groups excluding carboxylic acids is 6.